The van der Waals surface area contributed by atoms with Crippen LogP contribution in [-0.4, -0.2) is 29.6 Å². The first-order valence-corrected chi connectivity index (χ1v) is 9.08. The molecule has 1 fully saturated rings. The van der Waals surface area contributed by atoms with Crippen molar-refractivity contribution in [1.82, 2.24) is 4.98 Å². The average Bonchev–Trinajstić information content (AvgIpc) is 3.25. The first-order valence-electron chi connectivity index (χ1n) is 9.08. The van der Waals surface area contributed by atoms with Gasteiger partial charge in [-0.25, -0.2) is 4.98 Å². The topological polar surface area (TPSA) is 86.8 Å². The Balaban J connectivity index is 1.39. The molecule has 1 amide bonds. The van der Waals surface area contributed by atoms with Gasteiger partial charge in [-0.2, -0.15) is 0 Å². The summed E-state index contributed by atoms with van der Waals surface area (Å²) in [5, 5.41) is 2.77. The van der Waals surface area contributed by atoms with Crippen LogP contribution in [0.1, 0.15) is 30.4 Å². The predicted molar refractivity (Wildman–Crippen MR) is 95.0 cm³/mol. The largest absolute Gasteiger partial charge is 0.489 e. The quantitative estimate of drug-likeness (QED) is 0.838. The molecule has 0 radical (unpaired) electrons. The Kier molecular flexibility index (Phi) is 3.56. The van der Waals surface area contributed by atoms with E-state index in [4.69, 9.17) is 14.2 Å². The summed E-state index contributed by atoms with van der Waals surface area (Å²) < 4.78 is 17.1. The normalized spacial score (nSPS) is 24.0. The molecule has 3 aliphatic rings. The maximum Gasteiger partial charge on any atom is 0.313 e. The summed E-state index contributed by atoms with van der Waals surface area (Å²) in [6.07, 6.45) is 2.49. The molecular weight excluding hydrogens is 348 g/mol. The van der Waals surface area contributed by atoms with Crippen molar-refractivity contribution in [3.8, 4) is 17.2 Å². The number of carbonyl (C=O) groups excluding carboxylic acids is 2. The number of anilines is 1. The molecule has 3 atom stereocenters. The highest BCUT2D eigenvalue weighted by molar-refractivity contribution is 5.93. The minimum atomic E-state index is -0.225. The smallest absolute Gasteiger partial charge is 0.313 e. The van der Waals surface area contributed by atoms with Gasteiger partial charge in [-0.15, -0.1) is 0 Å². The molecule has 2 aliphatic heterocycles. The van der Waals surface area contributed by atoms with Gasteiger partial charge in [0.15, 0.2) is 0 Å². The van der Waals surface area contributed by atoms with Crippen LogP contribution in [0.3, 0.4) is 0 Å². The molecule has 1 N–H and O–H groups in total. The zero-order valence-electron chi connectivity index (χ0n) is 14.7. The van der Waals surface area contributed by atoms with Gasteiger partial charge in [0.25, 0.3) is 0 Å². The van der Waals surface area contributed by atoms with Crippen LogP contribution in [0, 0.1) is 5.92 Å². The van der Waals surface area contributed by atoms with Crippen LogP contribution in [0.25, 0.3) is 0 Å². The van der Waals surface area contributed by atoms with Gasteiger partial charge in [0.2, 0.25) is 5.91 Å². The fourth-order valence-corrected chi connectivity index (χ4v) is 3.90. The lowest BCUT2D eigenvalue weighted by molar-refractivity contribution is -0.145. The second-order valence-electron chi connectivity index (χ2n) is 6.87. The molecule has 5 rings (SSSR count). The number of amides is 1. The summed E-state index contributed by atoms with van der Waals surface area (Å²) in [7, 11) is 0. The third kappa shape index (κ3) is 2.61. The Hall–Kier alpha value is -3.09. The Labute approximate surface area is 155 Å². The highest BCUT2D eigenvalue weighted by atomic mass is 16.5. The third-order valence-electron chi connectivity index (χ3n) is 5.22. The van der Waals surface area contributed by atoms with Crippen molar-refractivity contribution in [2.75, 3.05) is 11.9 Å². The molecular formula is C20H18N2O5. The summed E-state index contributed by atoms with van der Waals surface area (Å²) in [6, 6.07) is 7.43. The Bertz CT molecular complexity index is 957. The van der Waals surface area contributed by atoms with E-state index in [9.17, 15) is 9.59 Å². The lowest BCUT2D eigenvalue weighted by Crippen LogP contribution is -2.20. The second-order valence-corrected chi connectivity index (χ2v) is 6.87. The minimum Gasteiger partial charge on any atom is -0.489 e. The van der Waals surface area contributed by atoms with Gasteiger partial charge in [0.05, 0.1) is 6.61 Å². The van der Waals surface area contributed by atoms with Gasteiger partial charge >= 0.3 is 5.97 Å². The average molecular weight is 366 g/mol. The maximum absolute atomic E-state index is 12.0. The van der Waals surface area contributed by atoms with E-state index in [2.05, 4.69) is 10.3 Å². The number of benzene rings is 1. The highest BCUT2D eigenvalue weighted by Crippen LogP contribution is 2.59. The number of carbonyl (C=O) groups is 2. The van der Waals surface area contributed by atoms with Crippen LogP contribution in [-0.2, 0) is 20.7 Å². The molecule has 0 saturated heterocycles. The Morgan fingerprint density at radius 2 is 2.22 bits per heavy atom. The summed E-state index contributed by atoms with van der Waals surface area (Å²) in [5.41, 5.74) is 1.87. The van der Waals surface area contributed by atoms with Crippen LogP contribution < -0.4 is 14.8 Å². The van der Waals surface area contributed by atoms with Gasteiger partial charge in [-0.3, -0.25) is 9.59 Å². The van der Waals surface area contributed by atoms with Crippen LogP contribution in [0.2, 0.25) is 0 Å². The number of esters is 1. The van der Waals surface area contributed by atoms with Crippen LogP contribution >= 0.6 is 0 Å². The summed E-state index contributed by atoms with van der Waals surface area (Å²) in [5.74, 6) is 2.26. The highest BCUT2D eigenvalue weighted by Gasteiger charge is 2.63. The molecule has 1 aromatic carbocycles. The fourth-order valence-electron chi connectivity index (χ4n) is 3.90. The van der Waals surface area contributed by atoms with E-state index in [1.165, 1.54) is 0 Å². The molecule has 7 nitrogen and oxygen atoms in total. The molecule has 2 aromatic rings. The van der Waals surface area contributed by atoms with E-state index in [0.717, 1.165) is 16.9 Å². The Morgan fingerprint density at radius 3 is 3.07 bits per heavy atom. The lowest BCUT2D eigenvalue weighted by atomic mass is 10.1. The van der Waals surface area contributed by atoms with E-state index in [1.54, 1.807) is 19.2 Å². The molecule has 3 unspecified atom stereocenters. The van der Waals surface area contributed by atoms with E-state index in [1.807, 2.05) is 18.2 Å². The standard InChI is InChI=1S/C20H18N2O5/c1-2-25-20(24)17-16-12-9-10(3-5-13(12)27-18(16)17)26-14-7-8-21-19-11(14)4-6-15(23)22-19/h3,5,7-9,16-18H,2,4,6H2,1H3,(H,21,22,23). The summed E-state index contributed by atoms with van der Waals surface area (Å²) in [4.78, 5) is 27.8. The molecule has 138 valence electrons. The van der Waals surface area contributed by atoms with Gasteiger partial charge < -0.3 is 19.5 Å². The zero-order valence-corrected chi connectivity index (χ0v) is 14.7. The van der Waals surface area contributed by atoms with Crippen molar-refractivity contribution in [1.29, 1.82) is 0 Å². The van der Waals surface area contributed by atoms with Gasteiger partial charge in [0.1, 0.15) is 35.1 Å². The van der Waals surface area contributed by atoms with Crippen molar-refractivity contribution >= 4 is 17.7 Å². The number of rotatable bonds is 4. The van der Waals surface area contributed by atoms with Gasteiger partial charge in [-0.1, -0.05) is 0 Å². The Morgan fingerprint density at radius 1 is 1.33 bits per heavy atom. The first kappa shape index (κ1) is 16.1. The predicted octanol–water partition coefficient (Wildman–Crippen LogP) is 2.80. The summed E-state index contributed by atoms with van der Waals surface area (Å²) >= 11 is 0. The number of hydrogen-bond donors (Lipinski definition) is 1. The second kappa shape index (κ2) is 5.97. The van der Waals surface area contributed by atoms with Crippen molar-refractivity contribution in [2.24, 2.45) is 5.92 Å². The van der Waals surface area contributed by atoms with Crippen LogP contribution in [0.5, 0.6) is 17.2 Å². The number of fused-ring (bicyclic) bond motifs is 4. The number of pyridine rings is 1. The van der Waals surface area contributed by atoms with Crippen molar-refractivity contribution < 1.29 is 23.8 Å². The first-order chi connectivity index (χ1) is 13.2. The van der Waals surface area contributed by atoms with Crippen molar-refractivity contribution in [3.63, 3.8) is 0 Å². The molecule has 3 heterocycles. The number of ether oxygens (including phenoxy) is 3. The van der Waals surface area contributed by atoms with Crippen LogP contribution in [0.15, 0.2) is 30.5 Å². The molecule has 1 saturated carbocycles. The molecule has 27 heavy (non-hydrogen) atoms. The molecule has 0 spiro atoms. The monoisotopic (exact) mass is 366 g/mol. The van der Waals surface area contributed by atoms with Crippen molar-refractivity contribution in [3.05, 3.63) is 41.6 Å². The zero-order chi connectivity index (χ0) is 18.5. The molecule has 0 bridgehead atoms. The molecule has 1 aromatic heterocycles. The third-order valence-corrected chi connectivity index (χ3v) is 5.22. The van der Waals surface area contributed by atoms with E-state index >= 15 is 0 Å². The fraction of sp³-hybridized carbons (Fsp3) is 0.350. The molecule has 1 aliphatic carbocycles. The van der Waals surface area contributed by atoms with E-state index in [0.29, 0.717) is 36.8 Å². The molecule has 7 heteroatoms. The van der Waals surface area contributed by atoms with Gasteiger partial charge in [0, 0.05) is 29.7 Å². The summed E-state index contributed by atoms with van der Waals surface area (Å²) in [6.45, 7) is 2.17. The number of nitrogens with one attached hydrogen (secondary N) is 1. The number of nitrogens with zero attached hydrogens (tertiary/aromatic N) is 1. The SMILES string of the molecule is CCOC(=O)C1C2Oc3ccc(Oc4ccnc5c4CCC(=O)N5)cc3C21. The van der Waals surface area contributed by atoms with E-state index < -0.39 is 0 Å². The minimum absolute atomic E-state index is 0.0354. The van der Waals surface area contributed by atoms with E-state index in [-0.39, 0.29) is 29.8 Å². The van der Waals surface area contributed by atoms with Gasteiger partial charge in [-0.05, 0) is 37.6 Å². The maximum atomic E-state index is 12.0. The van der Waals surface area contributed by atoms with Crippen molar-refractivity contribution in [2.45, 2.75) is 31.8 Å². The van der Waals surface area contributed by atoms with Crippen LogP contribution in [0.4, 0.5) is 5.82 Å². The lowest BCUT2D eigenvalue weighted by Gasteiger charge is -2.19. The number of hydrogen-bond acceptors (Lipinski definition) is 6. The number of aromatic nitrogens is 1.